The summed E-state index contributed by atoms with van der Waals surface area (Å²) in [5.74, 6) is 0.299. The molecule has 2 amide bonds. The van der Waals surface area contributed by atoms with Crippen molar-refractivity contribution in [3.8, 4) is 0 Å². The summed E-state index contributed by atoms with van der Waals surface area (Å²) in [6, 6.07) is 6.10. The van der Waals surface area contributed by atoms with E-state index < -0.39 is 0 Å². The predicted molar refractivity (Wildman–Crippen MR) is 99.8 cm³/mol. The van der Waals surface area contributed by atoms with E-state index >= 15 is 0 Å². The summed E-state index contributed by atoms with van der Waals surface area (Å²) >= 11 is 0. The van der Waals surface area contributed by atoms with Crippen LogP contribution in [0, 0.1) is 19.8 Å². The highest BCUT2D eigenvalue weighted by molar-refractivity contribution is 6.35. The Balaban J connectivity index is 2.12. The Morgan fingerprint density at radius 3 is 2.56 bits per heavy atom. The predicted octanol–water partition coefficient (Wildman–Crippen LogP) is 3.53. The van der Waals surface area contributed by atoms with Crippen LogP contribution in [0.1, 0.15) is 49.8 Å². The van der Waals surface area contributed by atoms with E-state index in [-0.39, 0.29) is 11.8 Å². The maximum absolute atomic E-state index is 13.1. The van der Waals surface area contributed by atoms with Gasteiger partial charge in [-0.15, -0.1) is 0 Å². The Labute approximate surface area is 150 Å². The highest BCUT2D eigenvalue weighted by atomic mass is 16.2. The van der Waals surface area contributed by atoms with Gasteiger partial charge in [0.25, 0.3) is 11.8 Å². The molecule has 0 aliphatic carbocycles. The molecule has 0 radical (unpaired) electrons. The van der Waals surface area contributed by atoms with Gasteiger partial charge in [-0.2, -0.15) is 0 Å². The number of aryl methyl sites for hydroxylation is 2. The molecule has 0 aromatic heterocycles. The Morgan fingerprint density at radius 1 is 1.16 bits per heavy atom. The topological polar surface area (TPSA) is 40.6 Å². The van der Waals surface area contributed by atoms with E-state index in [1.54, 1.807) is 0 Å². The molecule has 2 aliphatic rings. The molecule has 1 aromatic rings. The van der Waals surface area contributed by atoms with Gasteiger partial charge in [-0.25, -0.2) is 0 Å². The van der Waals surface area contributed by atoms with Gasteiger partial charge >= 0.3 is 0 Å². The van der Waals surface area contributed by atoms with Gasteiger partial charge in [-0.3, -0.25) is 14.5 Å². The highest BCUT2D eigenvalue weighted by Crippen LogP contribution is 2.35. The first-order chi connectivity index (χ1) is 11.9. The number of nitrogens with zero attached hydrogens (tertiary/aromatic N) is 2. The fraction of sp³-hybridized carbons (Fsp3) is 0.524. The minimum absolute atomic E-state index is 0.115. The van der Waals surface area contributed by atoms with Crippen LogP contribution in [0.2, 0.25) is 0 Å². The summed E-state index contributed by atoms with van der Waals surface area (Å²) in [6.45, 7) is 10.5. The first-order valence-electron chi connectivity index (χ1n) is 9.37. The third kappa shape index (κ3) is 3.22. The summed E-state index contributed by atoms with van der Waals surface area (Å²) in [5.41, 5.74) is 4.34. The average Bonchev–Trinajstić information content (AvgIpc) is 2.80. The maximum atomic E-state index is 13.1. The van der Waals surface area contributed by atoms with Crippen LogP contribution >= 0.6 is 0 Å². The molecule has 1 atom stereocenters. The number of rotatable bonds is 4. The van der Waals surface area contributed by atoms with Crippen molar-refractivity contribution < 1.29 is 9.59 Å². The molecule has 1 saturated heterocycles. The molecule has 0 bridgehead atoms. The fourth-order valence-electron chi connectivity index (χ4n) is 4.01. The lowest BCUT2D eigenvalue weighted by atomic mass is 9.95. The van der Waals surface area contributed by atoms with Gasteiger partial charge in [-0.05, 0) is 50.2 Å². The average molecular weight is 340 g/mol. The van der Waals surface area contributed by atoms with Gasteiger partial charge in [0.2, 0.25) is 0 Å². The standard InChI is InChI=1S/C21H28N2O2/c1-5-10-23-20(24)18(17-9-8-14(2)12-16(17)4)19(21(23)25)22-11-6-7-15(3)13-22/h8-9,12,15H,5-7,10-11,13H2,1-4H3. The van der Waals surface area contributed by atoms with Crippen LogP contribution in [0.5, 0.6) is 0 Å². The van der Waals surface area contributed by atoms with Crippen LogP contribution in [0.25, 0.3) is 5.57 Å². The van der Waals surface area contributed by atoms with E-state index in [9.17, 15) is 9.59 Å². The summed E-state index contributed by atoms with van der Waals surface area (Å²) in [5, 5.41) is 0. The van der Waals surface area contributed by atoms with E-state index in [2.05, 4.69) is 17.9 Å². The molecule has 0 saturated carbocycles. The molecular weight excluding hydrogens is 312 g/mol. The third-order valence-electron chi connectivity index (χ3n) is 5.22. The zero-order chi connectivity index (χ0) is 18.1. The fourth-order valence-corrected chi connectivity index (χ4v) is 4.01. The van der Waals surface area contributed by atoms with Crippen molar-refractivity contribution in [2.45, 2.75) is 47.0 Å². The van der Waals surface area contributed by atoms with Gasteiger partial charge in [0, 0.05) is 19.6 Å². The minimum Gasteiger partial charge on any atom is -0.366 e. The molecule has 1 fully saturated rings. The summed E-state index contributed by atoms with van der Waals surface area (Å²) < 4.78 is 0. The van der Waals surface area contributed by atoms with Gasteiger partial charge in [0.1, 0.15) is 5.70 Å². The lowest BCUT2D eigenvalue weighted by Gasteiger charge is -2.33. The highest BCUT2D eigenvalue weighted by Gasteiger charge is 2.42. The van der Waals surface area contributed by atoms with E-state index in [1.807, 2.05) is 32.9 Å². The zero-order valence-corrected chi connectivity index (χ0v) is 15.8. The molecule has 134 valence electrons. The lowest BCUT2D eigenvalue weighted by molar-refractivity contribution is -0.137. The Hall–Kier alpha value is -2.10. The Morgan fingerprint density at radius 2 is 1.92 bits per heavy atom. The Bertz CT molecular complexity index is 735. The van der Waals surface area contributed by atoms with Crippen molar-refractivity contribution in [1.82, 2.24) is 9.80 Å². The monoisotopic (exact) mass is 340 g/mol. The number of amides is 2. The number of carbonyl (C=O) groups is 2. The van der Waals surface area contributed by atoms with Crippen LogP contribution in [0.3, 0.4) is 0 Å². The van der Waals surface area contributed by atoms with Crippen LogP contribution in [0.15, 0.2) is 23.9 Å². The van der Waals surface area contributed by atoms with Crippen molar-refractivity contribution in [2.75, 3.05) is 19.6 Å². The second kappa shape index (κ2) is 7.03. The molecule has 25 heavy (non-hydrogen) atoms. The molecule has 1 aromatic carbocycles. The van der Waals surface area contributed by atoms with Gasteiger partial charge < -0.3 is 4.90 Å². The van der Waals surface area contributed by atoms with Crippen LogP contribution in [-0.2, 0) is 9.59 Å². The van der Waals surface area contributed by atoms with Crippen molar-refractivity contribution >= 4 is 17.4 Å². The van der Waals surface area contributed by atoms with E-state index in [1.165, 1.54) is 11.3 Å². The molecule has 2 aliphatic heterocycles. The number of piperidine rings is 1. The van der Waals surface area contributed by atoms with Crippen LogP contribution in [0.4, 0.5) is 0 Å². The molecule has 4 heteroatoms. The van der Waals surface area contributed by atoms with Crippen molar-refractivity contribution in [2.24, 2.45) is 5.92 Å². The lowest BCUT2D eigenvalue weighted by Crippen LogP contribution is -2.39. The SMILES string of the molecule is CCCN1C(=O)C(c2ccc(C)cc2C)=C(N2CCCC(C)C2)C1=O. The summed E-state index contributed by atoms with van der Waals surface area (Å²) in [7, 11) is 0. The molecule has 1 unspecified atom stereocenters. The summed E-state index contributed by atoms with van der Waals surface area (Å²) in [6.07, 6.45) is 3.03. The van der Waals surface area contributed by atoms with Gasteiger partial charge in [0.05, 0.1) is 5.57 Å². The van der Waals surface area contributed by atoms with Gasteiger partial charge in [0.15, 0.2) is 0 Å². The van der Waals surface area contributed by atoms with E-state index in [4.69, 9.17) is 0 Å². The quantitative estimate of drug-likeness (QED) is 0.788. The third-order valence-corrected chi connectivity index (χ3v) is 5.22. The number of carbonyl (C=O) groups excluding carboxylic acids is 2. The molecular formula is C21H28N2O2. The Kier molecular flexibility index (Phi) is 4.98. The zero-order valence-electron chi connectivity index (χ0n) is 15.8. The number of likely N-dealkylation sites (tertiary alicyclic amines) is 1. The number of hydrogen-bond donors (Lipinski definition) is 0. The normalized spacial score (nSPS) is 21.5. The molecule has 4 nitrogen and oxygen atoms in total. The maximum Gasteiger partial charge on any atom is 0.277 e. The molecule has 3 rings (SSSR count). The van der Waals surface area contributed by atoms with E-state index in [0.717, 1.165) is 42.6 Å². The first kappa shape index (κ1) is 17.7. The second-order valence-corrected chi connectivity index (χ2v) is 7.50. The van der Waals surface area contributed by atoms with Gasteiger partial charge in [-0.1, -0.05) is 37.6 Å². The summed E-state index contributed by atoms with van der Waals surface area (Å²) in [4.78, 5) is 29.8. The molecule has 0 spiro atoms. The second-order valence-electron chi connectivity index (χ2n) is 7.50. The molecule has 2 heterocycles. The number of benzene rings is 1. The number of hydrogen-bond acceptors (Lipinski definition) is 3. The minimum atomic E-state index is -0.132. The van der Waals surface area contributed by atoms with Crippen molar-refractivity contribution in [3.05, 3.63) is 40.6 Å². The largest absolute Gasteiger partial charge is 0.366 e. The number of imide groups is 1. The van der Waals surface area contributed by atoms with Crippen molar-refractivity contribution in [3.63, 3.8) is 0 Å². The van der Waals surface area contributed by atoms with Crippen LogP contribution < -0.4 is 0 Å². The molecule has 0 N–H and O–H groups in total. The first-order valence-corrected chi connectivity index (χ1v) is 9.37. The van der Waals surface area contributed by atoms with E-state index in [0.29, 0.717) is 23.7 Å². The van der Waals surface area contributed by atoms with Crippen LogP contribution in [-0.4, -0.2) is 41.2 Å². The van der Waals surface area contributed by atoms with Crippen molar-refractivity contribution in [1.29, 1.82) is 0 Å². The smallest absolute Gasteiger partial charge is 0.277 e.